The van der Waals surface area contributed by atoms with E-state index in [0.717, 1.165) is 38.9 Å². The van der Waals surface area contributed by atoms with Gasteiger partial charge in [0.1, 0.15) is 0 Å². The molecule has 3 saturated heterocycles. The van der Waals surface area contributed by atoms with E-state index in [0.29, 0.717) is 39.5 Å². The van der Waals surface area contributed by atoms with Crippen LogP contribution in [0, 0.1) is 5.41 Å². The van der Waals surface area contributed by atoms with Crippen molar-refractivity contribution in [2.75, 3.05) is 59.8 Å². The normalized spacial score (nSPS) is 27.8. The van der Waals surface area contributed by atoms with E-state index in [2.05, 4.69) is 0 Å². The van der Waals surface area contributed by atoms with E-state index in [4.69, 9.17) is 18.9 Å². The highest BCUT2D eigenvalue weighted by Crippen LogP contribution is 2.36. The van der Waals surface area contributed by atoms with E-state index in [1.54, 1.807) is 7.11 Å². The Morgan fingerprint density at radius 3 is 2.32 bits per heavy atom. The predicted octanol–water partition coefficient (Wildman–Crippen LogP) is 0.838. The number of carbonyl (C=O) groups excluding carboxylic acids is 1. The van der Waals surface area contributed by atoms with Crippen LogP contribution in [0.4, 0.5) is 0 Å². The monoisotopic (exact) mass is 313 g/mol. The molecule has 0 aromatic rings. The molecule has 1 spiro atoms. The first kappa shape index (κ1) is 16.2. The van der Waals surface area contributed by atoms with Gasteiger partial charge in [0.2, 0.25) is 5.91 Å². The molecule has 0 atom stereocenters. The molecule has 3 rings (SSSR count). The first-order valence-electron chi connectivity index (χ1n) is 8.28. The van der Waals surface area contributed by atoms with Crippen molar-refractivity contribution in [2.24, 2.45) is 5.41 Å². The topological polar surface area (TPSA) is 57.2 Å². The van der Waals surface area contributed by atoms with Crippen LogP contribution >= 0.6 is 0 Å². The molecule has 1 amide bonds. The number of morpholine rings is 1. The average Bonchev–Trinajstić information content (AvgIpc) is 2.56. The summed E-state index contributed by atoms with van der Waals surface area (Å²) < 4.78 is 22.3. The lowest BCUT2D eigenvalue weighted by molar-refractivity contribution is -0.180. The Labute approximate surface area is 132 Å². The third-order valence-corrected chi connectivity index (χ3v) is 5.26. The van der Waals surface area contributed by atoms with Crippen LogP contribution in [0.3, 0.4) is 0 Å². The number of hydrogen-bond donors (Lipinski definition) is 0. The second-order valence-electron chi connectivity index (χ2n) is 6.70. The lowest BCUT2D eigenvalue weighted by Gasteiger charge is -2.47. The zero-order valence-corrected chi connectivity index (χ0v) is 13.5. The zero-order valence-electron chi connectivity index (χ0n) is 13.5. The molecule has 22 heavy (non-hydrogen) atoms. The Morgan fingerprint density at radius 2 is 1.68 bits per heavy atom. The molecule has 0 aromatic carbocycles. The van der Waals surface area contributed by atoms with Gasteiger partial charge in [-0.05, 0) is 12.8 Å². The average molecular weight is 313 g/mol. The lowest BCUT2D eigenvalue weighted by atomic mass is 9.78. The largest absolute Gasteiger partial charge is 0.384 e. The number of methoxy groups -OCH3 is 1. The fourth-order valence-corrected chi connectivity index (χ4v) is 3.86. The quantitative estimate of drug-likeness (QED) is 0.773. The Bertz CT molecular complexity index is 377. The van der Waals surface area contributed by atoms with Crippen LogP contribution in [0.15, 0.2) is 0 Å². The summed E-state index contributed by atoms with van der Waals surface area (Å²) in [6, 6.07) is 0. The Morgan fingerprint density at radius 1 is 1.05 bits per heavy atom. The third kappa shape index (κ3) is 3.15. The lowest BCUT2D eigenvalue weighted by Crippen LogP contribution is -2.59. The van der Waals surface area contributed by atoms with Crippen molar-refractivity contribution in [1.29, 1.82) is 0 Å². The van der Waals surface area contributed by atoms with Gasteiger partial charge in [0.05, 0.1) is 24.2 Å². The molecular weight excluding hydrogens is 286 g/mol. The maximum atomic E-state index is 13.2. The van der Waals surface area contributed by atoms with Crippen LogP contribution < -0.4 is 0 Å². The molecule has 6 heteroatoms. The highest BCUT2D eigenvalue weighted by Gasteiger charge is 2.47. The summed E-state index contributed by atoms with van der Waals surface area (Å²) in [7, 11) is 1.67. The van der Waals surface area contributed by atoms with Crippen molar-refractivity contribution in [1.82, 2.24) is 4.90 Å². The van der Waals surface area contributed by atoms with Gasteiger partial charge in [0.15, 0.2) is 0 Å². The molecule has 6 nitrogen and oxygen atoms in total. The summed E-state index contributed by atoms with van der Waals surface area (Å²) in [5.41, 5.74) is -0.623. The summed E-state index contributed by atoms with van der Waals surface area (Å²) in [4.78, 5) is 15.2. The van der Waals surface area contributed by atoms with E-state index in [9.17, 15) is 4.79 Å². The summed E-state index contributed by atoms with van der Waals surface area (Å²) in [6.07, 6.45) is 3.23. The highest BCUT2D eigenvalue weighted by molar-refractivity contribution is 5.83. The van der Waals surface area contributed by atoms with Gasteiger partial charge in [-0.3, -0.25) is 4.79 Å². The maximum Gasteiger partial charge on any atom is 0.231 e. The standard InChI is InChI=1S/C16H27NO5/c1-19-13-15(2-7-20-8-3-15)14(18)17-6-11-22-16(12-17)4-9-21-10-5-16/h2-13H2,1H3. The van der Waals surface area contributed by atoms with Crippen LogP contribution in [0.25, 0.3) is 0 Å². The number of carbonyl (C=O) groups is 1. The van der Waals surface area contributed by atoms with Gasteiger partial charge >= 0.3 is 0 Å². The molecule has 0 saturated carbocycles. The second-order valence-corrected chi connectivity index (χ2v) is 6.70. The van der Waals surface area contributed by atoms with E-state index >= 15 is 0 Å². The smallest absolute Gasteiger partial charge is 0.231 e. The Balaban J connectivity index is 1.72. The highest BCUT2D eigenvalue weighted by atomic mass is 16.5. The SMILES string of the molecule is COCC1(C(=O)N2CCOC3(CCOCC3)C2)CCOCC1. The fourth-order valence-electron chi connectivity index (χ4n) is 3.86. The fraction of sp³-hybridized carbons (Fsp3) is 0.938. The van der Waals surface area contributed by atoms with Crippen molar-refractivity contribution in [3.63, 3.8) is 0 Å². The molecule has 3 fully saturated rings. The van der Waals surface area contributed by atoms with Gasteiger partial charge in [-0.1, -0.05) is 0 Å². The van der Waals surface area contributed by atoms with Crippen molar-refractivity contribution in [3.05, 3.63) is 0 Å². The van der Waals surface area contributed by atoms with Crippen LogP contribution in [-0.2, 0) is 23.7 Å². The van der Waals surface area contributed by atoms with Crippen LogP contribution in [-0.4, -0.2) is 76.2 Å². The van der Waals surface area contributed by atoms with Gasteiger partial charge in [-0.2, -0.15) is 0 Å². The van der Waals surface area contributed by atoms with Crippen LogP contribution in [0.2, 0.25) is 0 Å². The Hall–Kier alpha value is -0.690. The van der Waals surface area contributed by atoms with Crippen LogP contribution in [0.1, 0.15) is 25.7 Å². The first-order valence-corrected chi connectivity index (χ1v) is 8.28. The van der Waals surface area contributed by atoms with Gasteiger partial charge in [0, 0.05) is 59.5 Å². The molecule has 126 valence electrons. The molecule has 3 aliphatic heterocycles. The molecule has 0 aromatic heterocycles. The van der Waals surface area contributed by atoms with Gasteiger partial charge in [0.25, 0.3) is 0 Å². The number of hydrogen-bond acceptors (Lipinski definition) is 5. The first-order chi connectivity index (χ1) is 10.7. The van der Waals surface area contributed by atoms with E-state index < -0.39 is 5.41 Å². The van der Waals surface area contributed by atoms with Crippen molar-refractivity contribution in [2.45, 2.75) is 31.3 Å². The summed E-state index contributed by atoms with van der Waals surface area (Å²) in [5.74, 6) is 0.215. The minimum Gasteiger partial charge on any atom is -0.384 e. The molecule has 3 heterocycles. The maximum absolute atomic E-state index is 13.2. The second kappa shape index (κ2) is 6.83. The number of nitrogens with zero attached hydrogens (tertiary/aromatic N) is 1. The third-order valence-electron chi connectivity index (χ3n) is 5.26. The van der Waals surface area contributed by atoms with Gasteiger partial charge in [-0.25, -0.2) is 0 Å². The minimum absolute atomic E-state index is 0.203. The van der Waals surface area contributed by atoms with E-state index in [-0.39, 0.29) is 11.5 Å². The van der Waals surface area contributed by atoms with Gasteiger partial charge in [-0.15, -0.1) is 0 Å². The number of rotatable bonds is 3. The molecule has 0 bridgehead atoms. The van der Waals surface area contributed by atoms with Gasteiger partial charge < -0.3 is 23.8 Å². The molecular formula is C16H27NO5. The van der Waals surface area contributed by atoms with E-state index in [1.165, 1.54) is 0 Å². The molecule has 0 aliphatic carbocycles. The van der Waals surface area contributed by atoms with Crippen molar-refractivity contribution < 1.29 is 23.7 Å². The zero-order chi connectivity index (χ0) is 15.5. The number of amides is 1. The minimum atomic E-state index is -0.420. The predicted molar refractivity (Wildman–Crippen MR) is 79.7 cm³/mol. The van der Waals surface area contributed by atoms with E-state index in [1.807, 2.05) is 4.90 Å². The molecule has 0 N–H and O–H groups in total. The number of ether oxygens (including phenoxy) is 4. The molecule has 3 aliphatic rings. The summed E-state index contributed by atoms with van der Waals surface area (Å²) in [5, 5.41) is 0. The van der Waals surface area contributed by atoms with Crippen LogP contribution in [0.5, 0.6) is 0 Å². The summed E-state index contributed by atoms with van der Waals surface area (Å²) in [6.45, 7) is 5.16. The molecule has 0 radical (unpaired) electrons. The summed E-state index contributed by atoms with van der Waals surface area (Å²) >= 11 is 0. The van der Waals surface area contributed by atoms with Crippen molar-refractivity contribution in [3.8, 4) is 0 Å². The Kier molecular flexibility index (Phi) is 5.02. The van der Waals surface area contributed by atoms with Crippen molar-refractivity contribution >= 4 is 5.91 Å². The molecule has 0 unspecified atom stereocenters.